The van der Waals surface area contributed by atoms with Gasteiger partial charge >= 0.3 is 5.95 Å². The van der Waals surface area contributed by atoms with Crippen molar-refractivity contribution >= 4 is 24.4 Å². The molecule has 24 heavy (non-hydrogen) atoms. The molecule has 1 unspecified atom stereocenters. The van der Waals surface area contributed by atoms with E-state index >= 15 is 0 Å². The highest BCUT2D eigenvalue weighted by molar-refractivity contribution is 7.83. The second-order valence-corrected chi connectivity index (χ2v) is 6.54. The molecule has 1 fully saturated rings. The molecule has 2 aliphatic rings. The number of hydrogen-bond acceptors (Lipinski definition) is 5. The number of hydrogen-bond donors (Lipinski definition) is 2. The maximum Gasteiger partial charge on any atom is 0.312 e. The molecule has 0 spiro atoms. The fraction of sp³-hybridized carbons (Fsp3) is 0.368. The summed E-state index contributed by atoms with van der Waals surface area (Å²) in [5, 5.41) is 11.6. The van der Waals surface area contributed by atoms with Crippen molar-refractivity contribution < 1.29 is 9.52 Å². The smallest absolute Gasteiger partial charge is 0.312 e. The van der Waals surface area contributed by atoms with Crippen LogP contribution in [0.1, 0.15) is 44.2 Å². The summed E-state index contributed by atoms with van der Waals surface area (Å²) in [6.45, 7) is 2.52. The molecule has 1 aromatic rings. The Morgan fingerprint density at radius 3 is 3.25 bits per heavy atom. The average molecular weight is 342 g/mol. The van der Waals surface area contributed by atoms with E-state index in [9.17, 15) is 5.11 Å². The van der Waals surface area contributed by atoms with Gasteiger partial charge in [0, 0.05) is 5.57 Å². The minimum absolute atomic E-state index is 0.182. The lowest BCUT2D eigenvalue weighted by Crippen LogP contribution is -2.01. The Morgan fingerprint density at radius 2 is 2.42 bits per heavy atom. The first-order chi connectivity index (χ1) is 11.7. The second kappa shape index (κ2) is 7.71. The van der Waals surface area contributed by atoms with Gasteiger partial charge in [0.1, 0.15) is 0 Å². The molecule has 0 amide bonds. The van der Waals surface area contributed by atoms with Crippen LogP contribution in [0.4, 0.5) is 0 Å². The van der Waals surface area contributed by atoms with E-state index in [0.717, 1.165) is 24.0 Å². The standard InChI is InChI=1S/C19H22N2O2S/c1-13(4-3-9-24)11-20-12-17-19(22)23-18(21-17)16-8-7-14-5-2-6-15(14)10-16/h3-4,8-10,12,14,22,24H,2,5-7,11H2,1H3/b9-3-,13-4+,20-12?. The highest BCUT2D eigenvalue weighted by Crippen LogP contribution is 2.40. The minimum Gasteiger partial charge on any atom is -0.479 e. The first kappa shape index (κ1) is 16.8. The Hall–Kier alpha value is -2.01. The van der Waals surface area contributed by atoms with Gasteiger partial charge in [-0.05, 0) is 43.9 Å². The Kier molecular flexibility index (Phi) is 5.41. The third-order valence-corrected chi connectivity index (χ3v) is 4.58. The quantitative estimate of drug-likeness (QED) is 0.463. The maximum atomic E-state index is 9.95. The van der Waals surface area contributed by atoms with Crippen LogP contribution in [0.2, 0.25) is 0 Å². The molecule has 5 heteroatoms. The van der Waals surface area contributed by atoms with E-state index in [1.807, 2.05) is 19.1 Å². The summed E-state index contributed by atoms with van der Waals surface area (Å²) in [5.41, 5.74) is 3.91. The number of thiol groups is 1. The summed E-state index contributed by atoms with van der Waals surface area (Å²) in [6, 6.07) is 0. The molecular formula is C19H22N2O2S. The molecule has 4 nitrogen and oxygen atoms in total. The second-order valence-electron chi connectivity index (χ2n) is 6.24. The van der Waals surface area contributed by atoms with Crippen LogP contribution in [0, 0.1) is 5.92 Å². The van der Waals surface area contributed by atoms with Crippen molar-refractivity contribution in [3.8, 4) is 5.95 Å². The SMILES string of the molecule is C/C(=C\C=C/S)CN=Cc1nc(C2=CCC3CCCC3=C2)oc1O. The van der Waals surface area contributed by atoms with Crippen LogP contribution < -0.4 is 0 Å². The molecule has 1 heterocycles. The summed E-state index contributed by atoms with van der Waals surface area (Å²) in [4.78, 5) is 8.68. The minimum atomic E-state index is -0.182. The van der Waals surface area contributed by atoms with Gasteiger partial charge in [-0.3, -0.25) is 4.99 Å². The lowest BCUT2D eigenvalue weighted by Gasteiger charge is -2.15. The monoisotopic (exact) mass is 342 g/mol. The lowest BCUT2D eigenvalue weighted by atomic mass is 9.91. The van der Waals surface area contributed by atoms with E-state index in [1.54, 1.807) is 11.6 Å². The zero-order chi connectivity index (χ0) is 16.9. The molecule has 0 bridgehead atoms. The van der Waals surface area contributed by atoms with Crippen LogP contribution in [0.5, 0.6) is 5.95 Å². The normalized spacial score (nSPS) is 21.4. The largest absolute Gasteiger partial charge is 0.479 e. The van der Waals surface area contributed by atoms with Crippen molar-refractivity contribution in [1.82, 2.24) is 4.98 Å². The Balaban J connectivity index is 1.70. The maximum absolute atomic E-state index is 9.95. The van der Waals surface area contributed by atoms with E-state index in [2.05, 4.69) is 34.8 Å². The summed E-state index contributed by atoms with van der Waals surface area (Å²) in [6.07, 6.45) is 14.4. The van der Waals surface area contributed by atoms with Crippen molar-refractivity contribution in [3.63, 3.8) is 0 Å². The first-order valence-electron chi connectivity index (χ1n) is 8.24. The molecule has 1 saturated carbocycles. The molecule has 1 atom stereocenters. The van der Waals surface area contributed by atoms with Gasteiger partial charge in [0.25, 0.3) is 0 Å². The molecule has 3 rings (SSSR count). The fourth-order valence-electron chi connectivity index (χ4n) is 3.15. The van der Waals surface area contributed by atoms with Crippen LogP contribution in [0.3, 0.4) is 0 Å². The number of aromatic nitrogens is 1. The van der Waals surface area contributed by atoms with Gasteiger partial charge in [-0.1, -0.05) is 35.5 Å². The van der Waals surface area contributed by atoms with E-state index < -0.39 is 0 Å². The van der Waals surface area contributed by atoms with Gasteiger partial charge < -0.3 is 9.52 Å². The molecule has 1 aromatic heterocycles. The van der Waals surface area contributed by atoms with Crippen LogP contribution in [-0.2, 0) is 0 Å². The molecule has 0 radical (unpaired) electrons. The van der Waals surface area contributed by atoms with Crippen molar-refractivity contribution in [2.75, 3.05) is 6.54 Å². The van der Waals surface area contributed by atoms with E-state index in [4.69, 9.17) is 4.42 Å². The zero-order valence-corrected chi connectivity index (χ0v) is 14.7. The molecule has 0 aromatic carbocycles. The van der Waals surface area contributed by atoms with Gasteiger partial charge in [0.15, 0.2) is 5.69 Å². The third kappa shape index (κ3) is 3.90. The summed E-state index contributed by atoms with van der Waals surface area (Å²) in [7, 11) is 0. The van der Waals surface area contributed by atoms with Gasteiger partial charge in [-0.25, -0.2) is 4.98 Å². The van der Waals surface area contributed by atoms with Crippen molar-refractivity contribution in [2.24, 2.45) is 10.9 Å². The summed E-state index contributed by atoms with van der Waals surface area (Å²) in [5.74, 6) is 0.981. The Labute approximate surface area is 147 Å². The van der Waals surface area contributed by atoms with Crippen LogP contribution in [-0.4, -0.2) is 22.8 Å². The third-order valence-electron chi connectivity index (χ3n) is 4.41. The van der Waals surface area contributed by atoms with Crippen LogP contribution in [0.15, 0.2) is 50.3 Å². The number of fused-ring (bicyclic) bond motifs is 1. The summed E-state index contributed by atoms with van der Waals surface area (Å²) < 4.78 is 5.43. The van der Waals surface area contributed by atoms with Gasteiger partial charge in [0.2, 0.25) is 5.89 Å². The van der Waals surface area contributed by atoms with Crippen LogP contribution >= 0.6 is 12.6 Å². The van der Waals surface area contributed by atoms with Crippen molar-refractivity contribution in [3.05, 3.63) is 52.4 Å². The van der Waals surface area contributed by atoms with Crippen molar-refractivity contribution in [2.45, 2.75) is 32.6 Å². The number of aromatic hydroxyl groups is 1. The van der Waals surface area contributed by atoms with Crippen molar-refractivity contribution in [1.29, 1.82) is 0 Å². The molecule has 0 aliphatic heterocycles. The molecule has 1 N–H and O–H groups in total. The topological polar surface area (TPSA) is 58.6 Å². The number of rotatable bonds is 5. The Bertz CT molecular complexity index is 753. The highest BCUT2D eigenvalue weighted by atomic mass is 32.1. The molecule has 0 saturated heterocycles. The predicted molar refractivity (Wildman–Crippen MR) is 101 cm³/mol. The van der Waals surface area contributed by atoms with E-state index in [1.165, 1.54) is 18.4 Å². The lowest BCUT2D eigenvalue weighted by molar-refractivity contribution is 0.328. The Morgan fingerprint density at radius 1 is 1.54 bits per heavy atom. The molecule has 2 aliphatic carbocycles. The zero-order valence-electron chi connectivity index (χ0n) is 13.8. The number of oxazole rings is 1. The van der Waals surface area contributed by atoms with Gasteiger partial charge in [-0.15, -0.1) is 0 Å². The molecular weight excluding hydrogens is 320 g/mol. The number of allylic oxidation sites excluding steroid dienone is 6. The van der Waals surface area contributed by atoms with Gasteiger partial charge in [-0.2, -0.15) is 12.6 Å². The van der Waals surface area contributed by atoms with E-state index in [-0.39, 0.29) is 5.95 Å². The highest BCUT2D eigenvalue weighted by Gasteiger charge is 2.25. The first-order valence-corrected chi connectivity index (χ1v) is 8.76. The number of aliphatic imine (C=N–C) groups is 1. The van der Waals surface area contributed by atoms with E-state index in [0.29, 0.717) is 24.0 Å². The fourth-order valence-corrected chi connectivity index (χ4v) is 3.23. The van der Waals surface area contributed by atoms with Crippen LogP contribution in [0.25, 0.3) is 5.57 Å². The molecule has 126 valence electrons. The summed E-state index contributed by atoms with van der Waals surface area (Å²) >= 11 is 4.00. The predicted octanol–water partition coefficient (Wildman–Crippen LogP) is 4.70. The number of nitrogens with zero attached hydrogens (tertiary/aromatic N) is 2. The average Bonchev–Trinajstić information content (AvgIpc) is 3.19. The van der Waals surface area contributed by atoms with Gasteiger partial charge in [0.05, 0.1) is 12.8 Å².